The zero-order valence-corrected chi connectivity index (χ0v) is 12.2. The molecule has 0 aliphatic heterocycles. The second-order valence-electron chi connectivity index (χ2n) is 4.84. The highest BCUT2D eigenvalue weighted by Crippen LogP contribution is 2.38. The molecular weight excluding hydrogens is 254 g/mol. The topological polar surface area (TPSA) is 61.0 Å². The summed E-state index contributed by atoms with van der Waals surface area (Å²) in [6, 6.07) is 0. The highest BCUT2D eigenvalue weighted by molar-refractivity contribution is 6.20. The van der Waals surface area contributed by atoms with Crippen LogP contribution in [0.2, 0.25) is 0 Å². The van der Waals surface area contributed by atoms with Gasteiger partial charge in [-0.25, -0.2) is 0 Å². The molecule has 1 aromatic rings. The zero-order valence-electron chi connectivity index (χ0n) is 11.5. The normalized spacial score (nSPS) is 14.8. The zero-order chi connectivity index (χ0) is 14.0. The Hall–Kier alpha value is -1.10. The molecule has 1 rings (SSSR count). The fourth-order valence-corrected chi connectivity index (χ4v) is 2.86. The van der Waals surface area contributed by atoms with Gasteiger partial charge in [0.05, 0.1) is 4.92 Å². The lowest BCUT2D eigenvalue weighted by Crippen LogP contribution is -2.21. The Morgan fingerprint density at radius 2 is 2.00 bits per heavy atom. The molecule has 0 bridgehead atoms. The van der Waals surface area contributed by atoms with Crippen LogP contribution in [0.3, 0.4) is 0 Å². The predicted molar refractivity (Wildman–Crippen MR) is 72.2 cm³/mol. The predicted octanol–water partition coefficient (Wildman–Crippen LogP) is 3.49. The highest BCUT2D eigenvalue weighted by Gasteiger charge is 2.34. The molecule has 0 aliphatic carbocycles. The first-order valence-electron chi connectivity index (χ1n) is 6.16. The van der Waals surface area contributed by atoms with Crippen LogP contribution in [0.4, 0.5) is 5.69 Å². The third-order valence-electron chi connectivity index (χ3n) is 3.15. The SMILES string of the molecule is CCn1nc(C)c([N+](=O)[O-])c1C(C(C)C)C(C)Cl. The van der Waals surface area contributed by atoms with Crippen LogP contribution in [0.25, 0.3) is 0 Å². The summed E-state index contributed by atoms with van der Waals surface area (Å²) >= 11 is 6.22. The van der Waals surface area contributed by atoms with Gasteiger partial charge in [0.1, 0.15) is 11.4 Å². The van der Waals surface area contributed by atoms with Gasteiger partial charge in [0.15, 0.2) is 0 Å². The molecule has 0 N–H and O–H groups in total. The van der Waals surface area contributed by atoms with Gasteiger partial charge >= 0.3 is 5.69 Å². The van der Waals surface area contributed by atoms with Crippen molar-refractivity contribution in [3.8, 4) is 0 Å². The lowest BCUT2D eigenvalue weighted by molar-refractivity contribution is -0.386. The molecule has 0 aliphatic rings. The van der Waals surface area contributed by atoms with Gasteiger partial charge in [-0.1, -0.05) is 13.8 Å². The molecule has 6 heteroatoms. The number of alkyl halides is 1. The molecule has 102 valence electrons. The average Bonchev–Trinajstić information content (AvgIpc) is 2.54. The van der Waals surface area contributed by atoms with Crippen LogP contribution in [-0.2, 0) is 6.54 Å². The lowest BCUT2D eigenvalue weighted by Gasteiger charge is -2.23. The lowest BCUT2D eigenvalue weighted by atomic mass is 9.88. The van der Waals surface area contributed by atoms with Crippen molar-refractivity contribution in [2.45, 2.75) is 52.5 Å². The van der Waals surface area contributed by atoms with E-state index in [0.29, 0.717) is 17.9 Å². The van der Waals surface area contributed by atoms with Gasteiger partial charge in [-0.05, 0) is 26.7 Å². The third-order valence-corrected chi connectivity index (χ3v) is 3.42. The maximum atomic E-state index is 11.2. The molecule has 0 saturated heterocycles. The highest BCUT2D eigenvalue weighted by atomic mass is 35.5. The average molecular weight is 274 g/mol. The number of rotatable bonds is 5. The van der Waals surface area contributed by atoms with Gasteiger partial charge in [0, 0.05) is 17.8 Å². The van der Waals surface area contributed by atoms with E-state index in [2.05, 4.69) is 5.10 Å². The van der Waals surface area contributed by atoms with Crippen LogP contribution in [0.5, 0.6) is 0 Å². The molecule has 0 fully saturated rings. The maximum absolute atomic E-state index is 11.2. The number of nitrogens with zero attached hydrogens (tertiary/aromatic N) is 3. The molecule has 0 radical (unpaired) electrons. The minimum Gasteiger partial charge on any atom is -0.262 e. The number of aryl methyl sites for hydroxylation is 2. The summed E-state index contributed by atoms with van der Waals surface area (Å²) in [5.74, 6) is 0.144. The summed E-state index contributed by atoms with van der Waals surface area (Å²) in [7, 11) is 0. The summed E-state index contributed by atoms with van der Waals surface area (Å²) in [6.07, 6.45) is 0. The van der Waals surface area contributed by atoms with Crippen molar-refractivity contribution in [2.75, 3.05) is 0 Å². The summed E-state index contributed by atoms with van der Waals surface area (Å²) in [4.78, 5) is 10.9. The van der Waals surface area contributed by atoms with Gasteiger partial charge in [0.25, 0.3) is 0 Å². The number of halogens is 1. The number of nitro groups is 1. The van der Waals surface area contributed by atoms with Gasteiger partial charge in [-0.15, -0.1) is 11.6 Å². The van der Waals surface area contributed by atoms with E-state index in [1.54, 1.807) is 11.6 Å². The molecule has 2 unspecified atom stereocenters. The second-order valence-corrected chi connectivity index (χ2v) is 5.53. The molecular formula is C12H20ClN3O2. The van der Waals surface area contributed by atoms with E-state index in [4.69, 9.17) is 11.6 Å². The number of hydrogen-bond donors (Lipinski definition) is 0. The van der Waals surface area contributed by atoms with Crippen LogP contribution in [-0.4, -0.2) is 20.1 Å². The Kier molecular flexibility index (Phi) is 4.73. The van der Waals surface area contributed by atoms with E-state index in [1.165, 1.54) is 0 Å². The van der Waals surface area contributed by atoms with Crippen molar-refractivity contribution >= 4 is 17.3 Å². The first kappa shape index (κ1) is 15.0. The van der Waals surface area contributed by atoms with Crippen molar-refractivity contribution in [2.24, 2.45) is 5.92 Å². The smallest absolute Gasteiger partial charge is 0.262 e. The van der Waals surface area contributed by atoms with Gasteiger partial charge < -0.3 is 0 Å². The maximum Gasteiger partial charge on any atom is 0.313 e. The number of hydrogen-bond acceptors (Lipinski definition) is 3. The van der Waals surface area contributed by atoms with Crippen LogP contribution in [0, 0.1) is 23.0 Å². The van der Waals surface area contributed by atoms with E-state index in [1.807, 2.05) is 27.7 Å². The van der Waals surface area contributed by atoms with E-state index >= 15 is 0 Å². The van der Waals surface area contributed by atoms with Crippen molar-refractivity contribution in [3.63, 3.8) is 0 Å². The molecule has 0 amide bonds. The molecule has 2 atom stereocenters. The Labute approximate surface area is 112 Å². The largest absolute Gasteiger partial charge is 0.313 e. The van der Waals surface area contributed by atoms with Gasteiger partial charge in [-0.3, -0.25) is 14.8 Å². The summed E-state index contributed by atoms with van der Waals surface area (Å²) in [5.41, 5.74) is 1.22. The summed E-state index contributed by atoms with van der Waals surface area (Å²) in [6.45, 7) is 10.1. The van der Waals surface area contributed by atoms with E-state index < -0.39 is 0 Å². The van der Waals surface area contributed by atoms with Crippen molar-refractivity contribution in [1.29, 1.82) is 0 Å². The molecule has 1 aromatic heterocycles. The molecule has 0 aromatic carbocycles. The summed E-state index contributed by atoms with van der Waals surface area (Å²) in [5, 5.41) is 15.3. The second kappa shape index (κ2) is 5.69. The Morgan fingerprint density at radius 3 is 2.33 bits per heavy atom. The van der Waals surface area contributed by atoms with Gasteiger partial charge in [-0.2, -0.15) is 5.10 Å². The molecule has 0 saturated carbocycles. The summed E-state index contributed by atoms with van der Waals surface area (Å²) < 4.78 is 1.71. The Morgan fingerprint density at radius 1 is 1.44 bits per heavy atom. The Balaban J connectivity index is 3.48. The molecule has 5 nitrogen and oxygen atoms in total. The van der Waals surface area contributed by atoms with E-state index in [9.17, 15) is 10.1 Å². The molecule has 0 spiro atoms. The molecule has 1 heterocycles. The van der Waals surface area contributed by atoms with Crippen molar-refractivity contribution in [3.05, 3.63) is 21.5 Å². The third kappa shape index (κ3) is 2.66. The first-order chi connectivity index (χ1) is 8.31. The first-order valence-corrected chi connectivity index (χ1v) is 6.60. The quantitative estimate of drug-likeness (QED) is 0.469. The van der Waals surface area contributed by atoms with Crippen LogP contribution >= 0.6 is 11.6 Å². The standard InChI is InChI=1S/C12H20ClN3O2/c1-6-15-12(10(7(2)3)8(4)13)11(16(17)18)9(5)14-15/h7-8,10H,6H2,1-5H3. The van der Waals surface area contributed by atoms with Crippen LogP contribution in [0.1, 0.15) is 45.0 Å². The fourth-order valence-electron chi connectivity index (χ4n) is 2.45. The monoisotopic (exact) mass is 273 g/mol. The van der Waals surface area contributed by atoms with Crippen molar-refractivity contribution in [1.82, 2.24) is 9.78 Å². The van der Waals surface area contributed by atoms with Crippen molar-refractivity contribution < 1.29 is 4.92 Å². The van der Waals surface area contributed by atoms with Gasteiger partial charge in [0.2, 0.25) is 0 Å². The minimum absolute atomic E-state index is 0.0757. The van der Waals surface area contributed by atoms with E-state index in [0.717, 1.165) is 0 Å². The Bertz CT molecular complexity index is 433. The molecule has 18 heavy (non-hydrogen) atoms. The minimum atomic E-state index is -0.349. The number of aromatic nitrogens is 2. The van der Waals surface area contributed by atoms with E-state index in [-0.39, 0.29) is 27.8 Å². The van der Waals surface area contributed by atoms with Crippen LogP contribution in [0.15, 0.2) is 0 Å². The van der Waals surface area contributed by atoms with Crippen LogP contribution < -0.4 is 0 Å². The fraction of sp³-hybridized carbons (Fsp3) is 0.750.